The molecule has 0 radical (unpaired) electrons. The van der Waals surface area contributed by atoms with Crippen LogP contribution in [0.1, 0.15) is 5.56 Å². The Morgan fingerprint density at radius 3 is 2.73 bits per heavy atom. The minimum atomic E-state index is -0.953. The van der Waals surface area contributed by atoms with Gasteiger partial charge in [-0.25, -0.2) is 9.18 Å². The van der Waals surface area contributed by atoms with Gasteiger partial charge in [-0.1, -0.05) is 28.1 Å². The summed E-state index contributed by atoms with van der Waals surface area (Å²) in [4.78, 5) is 35.5. The summed E-state index contributed by atoms with van der Waals surface area (Å²) in [7, 11) is 0. The highest BCUT2D eigenvalue weighted by atomic mass is 79.9. The van der Waals surface area contributed by atoms with E-state index in [1.165, 1.54) is 24.3 Å². The molecule has 0 saturated carbocycles. The van der Waals surface area contributed by atoms with Crippen LogP contribution < -0.4 is 20.3 Å². The van der Waals surface area contributed by atoms with Gasteiger partial charge in [-0.2, -0.15) is 0 Å². The third-order valence-corrected chi connectivity index (χ3v) is 4.32. The maximum absolute atomic E-state index is 13.6. The number of carbonyl (C=O) groups excluding carboxylic acids is 3. The summed E-state index contributed by atoms with van der Waals surface area (Å²) in [5.41, 5.74) is 4.45. The van der Waals surface area contributed by atoms with Crippen LogP contribution in [0.15, 0.2) is 53.0 Å². The average Bonchev–Trinajstić information content (AvgIpc) is 2.76. The Hall–Kier alpha value is -3.40. The summed E-state index contributed by atoms with van der Waals surface area (Å²) in [5.74, 6) is -1.83. The number of rotatable bonds is 5. The normalized spacial score (nSPS) is 14.8. The number of hydrazine groups is 1. The molecule has 2 aromatic rings. The second kappa shape index (κ2) is 9.88. The zero-order chi connectivity index (χ0) is 21.5. The van der Waals surface area contributed by atoms with Gasteiger partial charge in [0, 0.05) is 16.1 Å². The number of halogens is 2. The molecule has 1 heterocycles. The van der Waals surface area contributed by atoms with Crippen molar-refractivity contribution in [1.29, 1.82) is 0 Å². The van der Waals surface area contributed by atoms with E-state index >= 15 is 0 Å². The van der Waals surface area contributed by atoms with Crippen molar-refractivity contribution in [3.8, 4) is 11.5 Å². The fourth-order valence-corrected chi connectivity index (χ4v) is 2.76. The summed E-state index contributed by atoms with van der Waals surface area (Å²) >= 11 is 3.20. The van der Waals surface area contributed by atoms with Gasteiger partial charge < -0.3 is 14.2 Å². The van der Waals surface area contributed by atoms with Crippen molar-refractivity contribution in [2.24, 2.45) is 0 Å². The van der Waals surface area contributed by atoms with Gasteiger partial charge >= 0.3 is 5.97 Å². The first-order valence-electron chi connectivity index (χ1n) is 8.69. The topological polar surface area (TPSA) is 103 Å². The Morgan fingerprint density at radius 2 is 1.93 bits per heavy atom. The molecular formula is C20H16BrFN2O6. The molecule has 0 bridgehead atoms. The highest BCUT2D eigenvalue weighted by molar-refractivity contribution is 9.10. The van der Waals surface area contributed by atoms with Crippen molar-refractivity contribution in [1.82, 2.24) is 10.9 Å². The van der Waals surface area contributed by atoms with Crippen LogP contribution in [0.3, 0.4) is 0 Å². The number of fused-ring (bicyclic) bond motifs is 1. The Labute approximate surface area is 179 Å². The molecule has 1 aliphatic heterocycles. The molecule has 0 aromatic heterocycles. The number of ether oxygens (including phenoxy) is 3. The van der Waals surface area contributed by atoms with Crippen LogP contribution in [0.2, 0.25) is 0 Å². The number of hydrogen-bond acceptors (Lipinski definition) is 6. The number of hydrogen-bond donors (Lipinski definition) is 2. The number of para-hydroxylation sites is 2. The Morgan fingerprint density at radius 1 is 1.17 bits per heavy atom. The smallest absolute Gasteiger partial charge is 0.331 e. The van der Waals surface area contributed by atoms with Crippen molar-refractivity contribution >= 4 is 39.8 Å². The van der Waals surface area contributed by atoms with Gasteiger partial charge in [0.05, 0.1) is 0 Å². The highest BCUT2D eigenvalue weighted by Gasteiger charge is 2.27. The molecule has 2 amide bonds. The summed E-state index contributed by atoms with van der Waals surface area (Å²) in [6.07, 6.45) is 1.26. The summed E-state index contributed by atoms with van der Waals surface area (Å²) in [5, 5.41) is 0. The van der Waals surface area contributed by atoms with E-state index in [-0.39, 0.29) is 12.2 Å². The van der Waals surface area contributed by atoms with Crippen LogP contribution in [-0.4, -0.2) is 37.1 Å². The Bertz CT molecular complexity index is 997. The molecule has 0 spiro atoms. The molecule has 0 fully saturated rings. The van der Waals surface area contributed by atoms with E-state index in [1.807, 2.05) is 0 Å². The van der Waals surface area contributed by atoms with Gasteiger partial charge in [0.25, 0.3) is 11.8 Å². The quantitative estimate of drug-likeness (QED) is 0.387. The minimum absolute atomic E-state index is 0.0232. The van der Waals surface area contributed by atoms with E-state index in [9.17, 15) is 18.8 Å². The zero-order valence-electron chi connectivity index (χ0n) is 15.4. The standard InChI is InChI=1S/C20H16BrFN2O6/c21-13-6-7-14(22)12(9-13)5-8-19(26)29-11-18(25)23-24-20(27)17-10-28-15-3-1-2-4-16(15)30-17/h1-9,17H,10-11H2,(H,23,25)(H,24,27)/b8-5+. The SMILES string of the molecule is O=C(COC(=O)/C=C/c1cc(Br)ccc1F)NNC(=O)C1COc2ccccc2O1. The summed E-state index contributed by atoms with van der Waals surface area (Å²) in [6.45, 7) is -0.667. The molecule has 2 N–H and O–H groups in total. The second-order valence-corrected chi connectivity index (χ2v) is 6.92. The van der Waals surface area contributed by atoms with Crippen LogP contribution in [-0.2, 0) is 19.1 Å². The lowest BCUT2D eigenvalue weighted by Gasteiger charge is -2.25. The minimum Gasteiger partial charge on any atom is -0.485 e. The first-order chi connectivity index (χ1) is 14.4. The number of carbonyl (C=O) groups is 3. The number of nitrogens with one attached hydrogen (secondary N) is 2. The Kier molecular flexibility index (Phi) is 7.02. The molecule has 1 atom stereocenters. The van der Waals surface area contributed by atoms with E-state index in [1.54, 1.807) is 24.3 Å². The molecule has 2 aromatic carbocycles. The molecule has 1 aliphatic rings. The Balaban J connectivity index is 1.40. The molecule has 10 heteroatoms. The molecule has 0 aliphatic carbocycles. The lowest BCUT2D eigenvalue weighted by atomic mass is 10.2. The maximum atomic E-state index is 13.6. The van der Waals surface area contributed by atoms with Crippen LogP contribution in [0.4, 0.5) is 4.39 Å². The van der Waals surface area contributed by atoms with Gasteiger partial charge in [0.15, 0.2) is 18.1 Å². The van der Waals surface area contributed by atoms with E-state index in [2.05, 4.69) is 26.8 Å². The van der Waals surface area contributed by atoms with Crippen molar-refractivity contribution in [2.75, 3.05) is 13.2 Å². The molecule has 1 unspecified atom stereocenters. The highest BCUT2D eigenvalue weighted by Crippen LogP contribution is 2.30. The van der Waals surface area contributed by atoms with Gasteiger partial charge in [-0.3, -0.25) is 20.4 Å². The first kappa shape index (κ1) is 21.3. The average molecular weight is 479 g/mol. The maximum Gasteiger partial charge on any atom is 0.331 e. The monoisotopic (exact) mass is 478 g/mol. The number of esters is 1. The first-order valence-corrected chi connectivity index (χ1v) is 9.49. The molecule has 8 nitrogen and oxygen atoms in total. The third-order valence-electron chi connectivity index (χ3n) is 3.83. The van der Waals surface area contributed by atoms with Gasteiger partial charge in [0.1, 0.15) is 12.4 Å². The molecule has 156 valence electrons. The van der Waals surface area contributed by atoms with Crippen LogP contribution in [0, 0.1) is 5.82 Å². The van der Waals surface area contributed by atoms with Crippen molar-refractivity contribution in [3.05, 3.63) is 64.4 Å². The number of benzene rings is 2. The van der Waals surface area contributed by atoms with Crippen molar-refractivity contribution in [2.45, 2.75) is 6.10 Å². The van der Waals surface area contributed by atoms with Crippen LogP contribution in [0.5, 0.6) is 11.5 Å². The van der Waals surface area contributed by atoms with Crippen LogP contribution >= 0.6 is 15.9 Å². The third kappa shape index (κ3) is 5.80. The fraction of sp³-hybridized carbons (Fsp3) is 0.150. The lowest BCUT2D eigenvalue weighted by Crippen LogP contribution is -2.51. The van der Waals surface area contributed by atoms with E-state index < -0.39 is 36.3 Å². The molecule has 3 rings (SSSR count). The second-order valence-electron chi connectivity index (χ2n) is 6.01. The molecular weight excluding hydrogens is 463 g/mol. The predicted molar refractivity (Wildman–Crippen MR) is 107 cm³/mol. The predicted octanol–water partition coefficient (Wildman–Crippen LogP) is 2.13. The van der Waals surface area contributed by atoms with Crippen molar-refractivity contribution < 1.29 is 33.0 Å². The van der Waals surface area contributed by atoms with Gasteiger partial charge in [-0.15, -0.1) is 0 Å². The zero-order valence-corrected chi connectivity index (χ0v) is 17.0. The largest absolute Gasteiger partial charge is 0.485 e. The molecule has 0 saturated heterocycles. The van der Waals surface area contributed by atoms with Gasteiger partial charge in [0.2, 0.25) is 6.10 Å². The van der Waals surface area contributed by atoms with E-state index in [0.29, 0.717) is 16.0 Å². The van der Waals surface area contributed by atoms with Crippen molar-refractivity contribution in [3.63, 3.8) is 0 Å². The lowest BCUT2D eigenvalue weighted by molar-refractivity contribution is -0.145. The van der Waals surface area contributed by atoms with Gasteiger partial charge in [-0.05, 0) is 36.4 Å². The fourth-order valence-electron chi connectivity index (χ4n) is 2.38. The molecule has 30 heavy (non-hydrogen) atoms. The van der Waals surface area contributed by atoms with Crippen LogP contribution in [0.25, 0.3) is 6.08 Å². The summed E-state index contributed by atoms with van der Waals surface area (Å²) < 4.78 is 29.9. The van der Waals surface area contributed by atoms with E-state index in [4.69, 9.17) is 14.2 Å². The number of amides is 2. The van der Waals surface area contributed by atoms with E-state index in [0.717, 1.165) is 6.08 Å². The summed E-state index contributed by atoms with van der Waals surface area (Å²) in [6, 6.07) is 11.1.